The van der Waals surface area contributed by atoms with Gasteiger partial charge in [0.05, 0.1) is 0 Å². The van der Waals surface area contributed by atoms with Crippen molar-refractivity contribution in [2.75, 3.05) is 0 Å². The first-order chi connectivity index (χ1) is 9.97. The van der Waals surface area contributed by atoms with Gasteiger partial charge in [-0.2, -0.15) is 0 Å². The van der Waals surface area contributed by atoms with Crippen molar-refractivity contribution in [3.63, 3.8) is 0 Å². The molecular formula is C13H12ClF2N3SSe. The summed E-state index contributed by atoms with van der Waals surface area (Å²) in [6.45, 7) is 0. The zero-order valence-corrected chi connectivity index (χ0v) is 14.2. The van der Waals surface area contributed by atoms with Crippen LogP contribution in [0.2, 0.25) is 5.02 Å². The number of nitrogens with zero attached hydrogens (tertiary/aromatic N) is 2. The van der Waals surface area contributed by atoms with Crippen molar-refractivity contribution in [2.24, 2.45) is 0 Å². The van der Waals surface area contributed by atoms with Gasteiger partial charge in [0, 0.05) is 0 Å². The van der Waals surface area contributed by atoms with E-state index in [0.717, 1.165) is 24.2 Å². The van der Waals surface area contributed by atoms with E-state index in [9.17, 15) is 8.78 Å². The third-order valence-electron chi connectivity index (χ3n) is 3.32. The standard InChI is InChI=1S/C13H12ClF2N3SSe/c14-8-3-7(20)4-19-9(5-21-12(17)11(15)16)10(6-1-2-6)18-13(8)19/h3-4,6,11,17,20H,1-2,5H2. The molecule has 0 radical (unpaired) electrons. The molecule has 2 heterocycles. The molecule has 0 aromatic carbocycles. The molecule has 2 aromatic heterocycles. The van der Waals surface area contributed by atoms with Crippen LogP contribution in [-0.4, -0.2) is 35.4 Å². The minimum atomic E-state index is -2.67. The minimum absolute atomic E-state index is 0.399. The van der Waals surface area contributed by atoms with Gasteiger partial charge in [-0.25, -0.2) is 0 Å². The fourth-order valence-electron chi connectivity index (χ4n) is 2.19. The van der Waals surface area contributed by atoms with Gasteiger partial charge < -0.3 is 0 Å². The average Bonchev–Trinajstić information content (AvgIpc) is 3.18. The van der Waals surface area contributed by atoms with Gasteiger partial charge in [0.15, 0.2) is 0 Å². The third kappa shape index (κ3) is 3.11. The molecular weight excluding hydrogens is 383 g/mol. The summed E-state index contributed by atoms with van der Waals surface area (Å²) in [4.78, 5) is 5.29. The van der Waals surface area contributed by atoms with E-state index in [1.54, 1.807) is 12.3 Å². The first-order valence-electron chi connectivity index (χ1n) is 6.36. The summed E-state index contributed by atoms with van der Waals surface area (Å²) in [5.74, 6) is 0.399. The summed E-state index contributed by atoms with van der Waals surface area (Å²) < 4.78 is 26.4. The fraction of sp³-hybridized carbons (Fsp3) is 0.385. The van der Waals surface area contributed by atoms with E-state index in [1.807, 2.05) is 4.40 Å². The number of rotatable bonds is 5. The van der Waals surface area contributed by atoms with E-state index < -0.39 is 26.0 Å². The normalized spacial score (nSPS) is 15.1. The molecule has 1 aliphatic carbocycles. The van der Waals surface area contributed by atoms with Gasteiger partial charge >= 0.3 is 137 Å². The molecule has 1 fully saturated rings. The number of imidazole rings is 1. The van der Waals surface area contributed by atoms with Crippen LogP contribution in [0.5, 0.6) is 0 Å². The summed E-state index contributed by atoms with van der Waals surface area (Å²) >= 11 is 9.93. The first-order valence-corrected chi connectivity index (χ1v) is 9.25. The van der Waals surface area contributed by atoms with Gasteiger partial charge in [-0.05, 0) is 0 Å². The van der Waals surface area contributed by atoms with Crippen molar-refractivity contribution in [1.29, 1.82) is 5.41 Å². The molecule has 0 unspecified atom stereocenters. The monoisotopic (exact) mass is 395 g/mol. The Morgan fingerprint density at radius 2 is 2.29 bits per heavy atom. The van der Waals surface area contributed by atoms with Gasteiger partial charge in [0.1, 0.15) is 0 Å². The molecule has 1 aliphatic rings. The van der Waals surface area contributed by atoms with Crippen LogP contribution >= 0.6 is 24.2 Å². The maximum atomic E-state index is 12.5. The predicted molar refractivity (Wildman–Crippen MR) is 82.6 cm³/mol. The van der Waals surface area contributed by atoms with E-state index in [1.165, 1.54) is 0 Å². The average molecular weight is 395 g/mol. The molecule has 0 bridgehead atoms. The number of alkyl halides is 2. The molecule has 1 N–H and O–H groups in total. The molecule has 8 heteroatoms. The number of fused-ring (bicyclic) bond motifs is 1. The molecule has 112 valence electrons. The van der Waals surface area contributed by atoms with Gasteiger partial charge in [-0.1, -0.05) is 0 Å². The molecule has 0 saturated heterocycles. The molecule has 1 saturated carbocycles. The van der Waals surface area contributed by atoms with Crippen LogP contribution in [0.4, 0.5) is 8.78 Å². The van der Waals surface area contributed by atoms with Crippen LogP contribution in [-0.2, 0) is 5.32 Å². The van der Waals surface area contributed by atoms with E-state index in [0.29, 0.717) is 26.8 Å². The quantitative estimate of drug-likeness (QED) is 0.454. The van der Waals surface area contributed by atoms with E-state index in [2.05, 4.69) is 17.6 Å². The number of aromatic nitrogens is 2. The molecule has 21 heavy (non-hydrogen) atoms. The van der Waals surface area contributed by atoms with Crippen molar-refractivity contribution in [2.45, 2.75) is 35.4 Å². The van der Waals surface area contributed by atoms with Crippen LogP contribution < -0.4 is 0 Å². The Morgan fingerprint density at radius 1 is 1.57 bits per heavy atom. The first kappa shape index (κ1) is 15.3. The Labute approximate surface area is 137 Å². The van der Waals surface area contributed by atoms with Gasteiger partial charge in [-0.15, -0.1) is 0 Å². The molecule has 0 aliphatic heterocycles. The Kier molecular flexibility index (Phi) is 4.28. The second-order valence-corrected chi connectivity index (χ2v) is 7.97. The van der Waals surface area contributed by atoms with Crippen LogP contribution in [0, 0.1) is 5.41 Å². The van der Waals surface area contributed by atoms with Crippen molar-refractivity contribution in [3.8, 4) is 0 Å². The molecule has 3 rings (SSSR count). The molecule has 2 aromatic rings. The molecule has 3 nitrogen and oxygen atoms in total. The van der Waals surface area contributed by atoms with Gasteiger partial charge in [-0.3, -0.25) is 0 Å². The zero-order valence-electron chi connectivity index (χ0n) is 10.8. The summed E-state index contributed by atoms with van der Waals surface area (Å²) in [5, 5.41) is 8.27. The van der Waals surface area contributed by atoms with E-state index in [-0.39, 0.29) is 0 Å². The van der Waals surface area contributed by atoms with Crippen LogP contribution in [0.15, 0.2) is 17.2 Å². The molecule has 0 amide bonds. The van der Waals surface area contributed by atoms with Crippen LogP contribution in [0.3, 0.4) is 0 Å². The molecule has 0 spiro atoms. The SMILES string of the molecule is N=C([Se]Cc1c(C2CC2)nc2c(Cl)cc(S)cn12)C(F)F. The topological polar surface area (TPSA) is 41.2 Å². The van der Waals surface area contributed by atoms with Crippen molar-refractivity contribution in [3.05, 3.63) is 28.7 Å². The van der Waals surface area contributed by atoms with Gasteiger partial charge in [0.25, 0.3) is 0 Å². The van der Waals surface area contributed by atoms with Gasteiger partial charge in [0.2, 0.25) is 0 Å². The number of thiol groups is 1. The second-order valence-electron chi connectivity index (χ2n) is 4.91. The third-order valence-corrected chi connectivity index (χ3v) is 5.74. The van der Waals surface area contributed by atoms with Crippen LogP contribution in [0.1, 0.15) is 30.1 Å². The second kappa shape index (κ2) is 5.88. The summed E-state index contributed by atoms with van der Waals surface area (Å²) in [6, 6.07) is 1.72. The number of hydrogen-bond donors (Lipinski definition) is 2. The number of hydrogen-bond acceptors (Lipinski definition) is 3. The van der Waals surface area contributed by atoms with E-state index in [4.69, 9.17) is 17.0 Å². The Bertz CT molecular complexity index is 715. The Hall–Kier alpha value is -0.621. The summed E-state index contributed by atoms with van der Waals surface area (Å²) in [7, 11) is 0. The fourth-order valence-corrected chi connectivity index (χ4v) is 4.24. The van der Waals surface area contributed by atoms with E-state index >= 15 is 0 Å². The number of halogens is 3. The van der Waals surface area contributed by atoms with Crippen molar-refractivity contribution >= 4 is 49.4 Å². The maximum absolute atomic E-state index is 12.5. The zero-order chi connectivity index (χ0) is 15.1. The molecule has 0 atom stereocenters. The predicted octanol–water partition coefficient (Wildman–Crippen LogP) is 3.60. The summed E-state index contributed by atoms with van der Waals surface area (Å²) in [5.41, 5.74) is 2.49. The van der Waals surface area contributed by atoms with Crippen LogP contribution in [0.25, 0.3) is 5.65 Å². The number of nitrogens with one attached hydrogen (secondary N) is 1. The summed E-state index contributed by atoms with van der Waals surface area (Å²) in [6.07, 6.45) is 1.28. The Morgan fingerprint density at radius 3 is 2.90 bits per heavy atom. The Balaban J connectivity index is 2.01. The number of pyridine rings is 1. The van der Waals surface area contributed by atoms with Crippen molar-refractivity contribution < 1.29 is 8.78 Å². The van der Waals surface area contributed by atoms with Crippen molar-refractivity contribution in [1.82, 2.24) is 9.38 Å².